The number of nitrogens with zero attached hydrogens (tertiary/aromatic N) is 2. The Morgan fingerprint density at radius 3 is 2.55 bits per heavy atom. The van der Waals surface area contributed by atoms with Crippen LogP contribution in [0.5, 0.6) is 11.5 Å². The second-order valence-corrected chi connectivity index (χ2v) is 8.09. The van der Waals surface area contributed by atoms with Gasteiger partial charge in [0.25, 0.3) is 0 Å². The molecule has 4 atom stereocenters. The van der Waals surface area contributed by atoms with Gasteiger partial charge in [0.1, 0.15) is 17.1 Å². The highest BCUT2D eigenvalue weighted by Crippen LogP contribution is 2.69. The molecule has 156 valence electrons. The zero-order chi connectivity index (χ0) is 21.6. The summed E-state index contributed by atoms with van der Waals surface area (Å²) in [6.07, 6.45) is 3.65. The van der Waals surface area contributed by atoms with Crippen molar-refractivity contribution >= 4 is 0 Å². The number of methoxy groups -OCH3 is 1. The monoisotopic (exact) mass is 414 g/mol. The molecule has 0 amide bonds. The average Bonchev–Trinajstić information content (AvgIpc) is 3.24. The summed E-state index contributed by atoms with van der Waals surface area (Å²) in [6, 6.07) is 19.1. The summed E-state index contributed by atoms with van der Waals surface area (Å²) in [7, 11) is 1.53. The van der Waals surface area contributed by atoms with Crippen LogP contribution in [0, 0.1) is 17.2 Å². The van der Waals surface area contributed by atoms with Crippen LogP contribution in [0.25, 0.3) is 0 Å². The number of nitriles is 1. The maximum absolute atomic E-state index is 12.5. The number of aliphatic hydroxyl groups excluding tert-OH is 1. The lowest BCUT2D eigenvalue weighted by Crippen LogP contribution is -2.51. The molecular formula is C25H22N2O4. The molecule has 1 saturated carbocycles. The second-order valence-electron chi connectivity index (χ2n) is 8.09. The number of rotatable bonds is 4. The molecule has 2 heterocycles. The molecule has 2 aliphatic rings. The summed E-state index contributed by atoms with van der Waals surface area (Å²) in [4.78, 5) is 4.22. The lowest BCUT2D eigenvalue weighted by atomic mass is 9.70. The summed E-state index contributed by atoms with van der Waals surface area (Å²) in [5.41, 5.74) is -0.00898. The maximum atomic E-state index is 12.5. The first-order chi connectivity index (χ1) is 15.1. The Labute approximate surface area is 180 Å². The summed E-state index contributed by atoms with van der Waals surface area (Å²) in [5.74, 6) is 0.111. The fourth-order valence-corrected chi connectivity index (χ4v) is 5.47. The molecular weight excluding hydrogens is 392 g/mol. The predicted molar refractivity (Wildman–Crippen MR) is 113 cm³/mol. The van der Waals surface area contributed by atoms with Crippen molar-refractivity contribution in [3.8, 4) is 17.6 Å². The van der Waals surface area contributed by atoms with E-state index >= 15 is 0 Å². The molecule has 1 aliphatic carbocycles. The van der Waals surface area contributed by atoms with Gasteiger partial charge in [-0.05, 0) is 29.7 Å². The van der Waals surface area contributed by atoms with Gasteiger partial charge in [0.05, 0.1) is 36.7 Å². The van der Waals surface area contributed by atoms with Crippen LogP contribution in [0.15, 0.2) is 67.0 Å². The molecule has 6 heteroatoms. The number of hydrogen-bond acceptors (Lipinski definition) is 6. The third-order valence-electron chi connectivity index (χ3n) is 6.78. The van der Waals surface area contributed by atoms with Crippen LogP contribution in [-0.2, 0) is 11.2 Å². The number of pyridine rings is 1. The van der Waals surface area contributed by atoms with E-state index in [4.69, 9.17) is 9.47 Å². The van der Waals surface area contributed by atoms with Gasteiger partial charge in [-0.1, -0.05) is 42.5 Å². The maximum Gasteiger partial charge on any atom is 0.174 e. The van der Waals surface area contributed by atoms with E-state index in [0.717, 1.165) is 11.1 Å². The van der Waals surface area contributed by atoms with Gasteiger partial charge >= 0.3 is 0 Å². The minimum Gasteiger partial charge on any atom is -0.495 e. The Morgan fingerprint density at radius 2 is 1.90 bits per heavy atom. The van der Waals surface area contributed by atoms with Crippen LogP contribution < -0.4 is 9.47 Å². The third-order valence-corrected chi connectivity index (χ3v) is 6.78. The van der Waals surface area contributed by atoms with Gasteiger partial charge in [0, 0.05) is 18.4 Å². The molecule has 4 unspecified atom stereocenters. The van der Waals surface area contributed by atoms with Crippen molar-refractivity contribution in [1.82, 2.24) is 4.98 Å². The zero-order valence-electron chi connectivity index (χ0n) is 17.0. The molecule has 3 aromatic rings. The van der Waals surface area contributed by atoms with E-state index in [2.05, 4.69) is 11.1 Å². The van der Waals surface area contributed by atoms with Crippen LogP contribution in [0.3, 0.4) is 0 Å². The molecule has 0 saturated heterocycles. The minimum atomic E-state index is -1.56. The van der Waals surface area contributed by atoms with Crippen molar-refractivity contribution in [2.75, 3.05) is 13.7 Å². The van der Waals surface area contributed by atoms with Gasteiger partial charge in [-0.15, -0.1) is 0 Å². The van der Waals surface area contributed by atoms with E-state index in [0.29, 0.717) is 29.0 Å². The molecule has 0 spiro atoms. The largest absolute Gasteiger partial charge is 0.495 e. The second kappa shape index (κ2) is 7.09. The molecule has 31 heavy (non-hydrogen) atoms. The highest BCUT2D eigenvalue weighted by molar-refractivity contribution is 5.58. The van der Waals surface area contributed by atoms with Crippen LogP contribution in [0.2, 0.25) is 0 Å². The lowest BCUT2D eigenvalue weighted by Gasteiger charge is -2.41. The van der Waals surface area contributed by atoms with Crippen molar-refractivity contribution in [3.63, 3.8) is 0 Å². The van der Waals surface area contributed by atoms with Gasteiger partial charge < -0.3 is 19.7 Å². The first kappa shape index (κ1) is 19.6. The molecule has 6 nitrogen and oxygen atoms in total. The highest BCUT2D eigenvalue weighted by atomic mass is 16.5. The zero-order valence-corrected chi connectivity index (χ0v) is 17.0. The summed E-state index contributed by atoms with van der Waals surface area (Å²) in [5, 5.41) is 32.1. The molecule has 1 aliphatic heterocycles. The Hall–Kier alpha value is -3.40. The smallest absolute Gasteiger partial charge is 0.174 e. The molecule has 2 aromatic carbocycles. The number of benzene rings is 2. The number of hydrogen-bond donors (Lipinski definition) is 2. The van der Waals surface area contributed by atoms with E-state index < -0.39 is 17.1 Å². The molecule has 1 aromatic heterocycles. The molecule has 0 radical (unpaired) electrons. The number of ether oxygens (including phenoxy) is 2. The lowest BCUT2D eigenvalue weighted by molar-refractivity contribution is -0.135. The van der Waals surface area contributed by atoms with Gasteiger partial charge in [0.15, 0.2) is 5.60 Å². The molecule has 0 bridgehead atoms. The van der Waals surface area contributed by atoms with Gasteiger partial charge in [-0.25, -0.2) is 0 Å². The highest BCUT2D eigenvalue weighted by Gasteiger charge is 2.73. The Kier molecular flexibility index (Phi) is 4.47. The first-order valence-electron chi connectivity index (χ1n) is 10.2. The number of fused-ring (bicyclic) bond motifs is 3. The van der Waals surface area contributed by atoms with Crippen molar-refractivity contribution in [1.29, 1.82) is 5.26 Å². The predicted octanol–water partition coefficient (Wildman–Crippen LogP) is 3.23. The van der Waals surface area contributed by atoms with Crippen LogP contribution >= 0.6 is 0 Å². The molecule has 5 rings (SSSR count). The van der Waals surface area contributed by atoms with Crippen molar-refractivity contribution < 1.29 is 19.7 Å². The van der Waals surface area contributed by atoms with Crippen LogP contribution in [0.1, 0.15) is 34.6 Å². The normalized spacial score (nSPS) is 28.3. The third kappa shape index (κ3) is 2.48. The quantitative estimate of drug-likeness (QED) is 0.681. The Balaban J connectivity index is 1.82. The number of aromatic nitrogens is 1. The standard InChI is InChI=1S/C25H22N2O4/c1-30-21-13-27-14-22-23(21)24(29)19(15-28)11-20(17-5-3-2-4-6-17)25(24,31-22)18-9-7-16(12-26)8-10-18/h2-10,13-14,19-20,28-29H,11,15H2,1H3. The van der Waals surface area contributed by atoms with Gasteiger partial charge in [-0.3, -0.25) is 4.98 Å². The number of aliphatic hydroxyl groups is 2. The van der Waals surface area contributed by atoms with E-state index in [1.165, 1.54) is 7.11 Å². The van der Waals surface area contributed by atoms with Crippen molar-refractivity contribution in [2.24, 2.45) is 5.92 Å². The van der Waals surface area contributed by atoms with Crippen molar-refractivity contribution in [2.45, 2.75) is 23.5 Å². The molecule has 2 N–H and O–H groups in total. The fourth-order valence-electron chi connectivity index (χ4n) is 5.47. The van der Waals surface area contributed by atoms with Gasteiger partial charge in [0.2, 0.25) is 0 Å². The minimum absolute atomic E-state index is 0.216. The van der Waals surface area contributed by atoms with Crippen LogP contribution in [-0.4, -0.2) is 28.9 Å². The van der Waals surface area contributed by atoms with E-state index in [1.807, 2.05) is 42.5 Å². The van der Waals surface area contributed by atoms with E-state index in [9.17, 15) is 15.5 Å². The van der Waals surface area contributed by atoms with Crippen LogP contribution in [0.4, 0.5) is 0 Å². The van der Waals surface area contributed by atoms with Crippen molar-refractivity contribution in [3.05, 3.63) is 89.2 Å². The SMILES string of the molecule is COc1cncc2c1C1(O)C(CO)CC(c3ccccc3)C1(c1ccc(C#N)cc1)O2. The molecule has 1 fully saturated rings. The Morgan fingerprint density at radius 1 is 1.16 bits per heavy atom. The van der Waals surface area contributed by atoms with E-state index in [1.54, 1.807) is 24.5 Å². The van der Waals surface area contributed by atoms with Gasteiger partial charge in [-0.2, -0.15) is 5.26 Å². The first-order valence-corrected chi connectivity index (χ1v) is 10.2. The average molecular weight is 414 g/mol. The topological polar surface area (TPSA) is 95.6 Å². The summed E-state index contributed by atoms with van der Waals surface area (Å²) >= 11 is 0. The summed E-state index contributed by atoms with van der Waals surface area (Å²) in [6.45, 7) is -0.216. The summed E-state index contributed by atoms with van der Waals surface area (Å²) < 4.78 is 12.2. The fraction of sp³-hybridized carbons (Fsp3) is 0.280. The Bertz CT molecular complexity index is 1160. The van der Waals surface area contributed by atoms with E-state index in [-0.39, 0.29) is 12.5 Å².